The van der Waals surface area contributed by atoms with Crippen molar-refractivity contribution in [2.45, 2.75) is 42.9 Å². The summed E-state index contributed by atoms with van der Waals surface area (Å²) in [5, 5.41) is 2.93. The first-order valence-corrected chi connectivity index (χ1v) is 12.8. The third-order valence-corrected chi connectivity index (χ3v) is 9.36. The normalized spacial score (nSPS) is 20.7. The van der Waals surface area contributed by atoms with Crippen LogP contribution in [0.4, 0.5) is 5.69 Å². The molecule has 0 saturated carbocycles. The van der Waals surface area contributed by atoms with Gasteiger partial charge in [0.15, 0.2) is 0 Å². The molecule has 2 amide bonds. The molecule has 7 nitrogen and oxygen atoms in total. The maximum Gasteiger partial charge on any atom is 0.253 e. The van der Waals surface area contributed by atoms with Gasteiger partial charge in [0.2, 0.25) is 11.8 Å². The molecule has 2 aliphatic rings. The second-order valence-electron chi connectivity index (χ2n) is 8.09. The molecular formula is C22H27N3O4S2. The molecule has 1 N–H and O–H groups in total. The van der Waals surface area contributed by atoms with E-state index in [2.05, 4.69) is 5.32 Å². The lowest BCUT2D eigenvalue weighted by atomic mass is 9.95. The molecule has 2 aliphatic heterocycles. The summed E-state index contributed by atoms with van der Waals surface area (Å²) in [6.07, 6.45) is 2.37. The number of aryl methyl sites for hydroxylation is 1. The minimum atomic E-state index is -3.67. The predicted molar refractivity (Wildman–Crippen MR) is 120 cm³/mol. The van der Waals surface area contributed by atoms with E-state index in [0.29, 0.717) is 49.5 Å². The number of hydrogen-bond donors (Lipinski definition) is 1. The quantitative estimate of drug-likeness (QED) is 0.741. The molecule has 2 saturated heterocycles. The van der Waals surface area contributed by atoms with Crippen LogP contribution in [0.15, 0.2) is 46.7 Å². The maximum atomic E-state index is 13.2. The molecule has 1 aromatic heterocycles. The highest BCUT2D eigenvalue weighted by Crippen LogP contribution is 2.31. The number of nitrogens with one attached hydrogen (secondary N) is 1. The van der Waals surface area contributed by atoms with E-state index in [-0.39, 0.29) is 17.7 Å². The van der Waals surface area contributed by atoms with Gasteiger partial charge in [0, 0.05) is 36.1 Å². The van der Waals surface area contributed by atoms with Crippen molar-refractivity contribution >= 4 is 38.9 Å². The third-order valence-electron chi connectivity index (χ3n) is 5.99. The lowest BCUT2D eigenvalue weighted by Crippen LogP contribution is -2.50. The van der Waals surface area contributed by atoms with Gasteiger partial charge in [-0.3, -0.25) is 9.59 Å². The molecule has 31 heavy (non-hydrogen) atoms. The average molecular weight is 462 g/mol. The highest BCUT2D eigenvalue weighted by atomic mass is 32.2. The number of nitrogens with zero attached hydrogens (tertiary/aromatic N) is 2. The zero-order valence-corrected chi connectivity index (χ0v) is 19.1. The van der Waals surface area contributed by atoms with Crippen molar-refractivity contribution in [3.8, 4) is 0 Å². The highest BCUT2D eigenvalue weighted by molar-refractivity contribution is 7.91. The van der Waals surface area contributed by atoms with Gasteiger partial charge in [0.05, 0.1) is 0 Å². The molecule has 2 aromatic rings. The number of sulfonamides is 1. The summed E-state index contributed by atoms with van der Waals surface area (Å²) in [7, 11) is -3.67. The molecule has 9 heteroatoms. The lowest BCUT2D eigenvalue weighted by Gasteiger charge is -2.34. The molecule has 1 atom stereocenters. The first-order chi connectivity index (χ1) is 14.9. The number of rotatable bonds is 5. The van der Waals surface area contributed by atoms with Crippen molar-refractivity contribution in [2.24, 2.45) is 5.92 Å². The monoisotopic (exact) mass is 461 g/mol. The molecule has 0 bridgehead atoms. The Labute approximate surface area is 187 Å². The summed E-state index contributed by atoms with van der Waals surface area (Å²) in [5.74, 6) is -0.325. The number of para-hydroxylation sites is 1. The number of piperidine rings is 1. The van der Waals surface area contributed by atoms with E-state index in [1.165, 1.54) is 15.6 Å². The first kappa shape index (κ1) is 22.0. The smallest absolute Gasteiger partial charge is 0.253 e. The zero-order chi connectivity index (χ0) is 22.0. The van der Waals surface area contributed by atoms with Crippen LogP contribution in [0.1, 0.15) is 30.6 Å². The van der Waals surface area contributed by atoms with Crippen LogP contribution < -0.4 is 5.32 Å². The fraction of sp³-hybridized carbons (Fsp3) is 0.455. The lowest BCUT2D eigenvalue weighted by molar-refractivity contribution is -0.137. The van der Waals surface area contributed by atoms with Crippen molar-refractivity contribution in [2.75, 3.05) is 25.0 Å². The van der Waals surface area contributed by atoms with Crippen LogP contribution in [0, 0.1) is 12.8 Å². The van der Waals surface area contributed by atoms with Gasteiger partial charge in [0.1, 0.15) is 10.3 Å². The van der Waals surface area contributed by atoms with Crippen molar-refractivity contribution < 1.29 is 18.0 Å². The van der Waals surface area contributed by atoms with Crippen LogP contribution >= 0.6 is 11.3 Å². The van der Waals surface area contributed by atoms with Crippen LogP contribution in [-0.2, 0) is 19.6 Å². The van der Waals surface area contributed by atoms with Crippen LogP contribution in [0.3, 0.4) is 0 Å². The second-order valence-corrected chi connectivity index (χ2v) is 11.5. The van der Waals surface area contributed by atoms with Gasteiger partial charge in [-0.05, 0) is 56.9 Å². The number of carbonyl (C=O) groups is 2. The van der Waals surface area contributed by atoms with Crippen molar-refractivity contribution in [3.05, 3.63) is 47.3 Å². The minimum Gasteiger partial charge on any atom is -0.341 e. The molecule has 1 aromatic carbocycles. The molecule has 4 rings (SSSR count). The Bertz CT molecular complexity index is 1040. The largest absolute Gasteiger partial charge is 0.341 e. The Balaban J connectivity index is 1.37. The van der Waals surface area contributed by atoms with Gasteiger partial charge in [-0.2, -0.15) is 4.31 Å². The Hall–Kier alpha value is -2.23. The molecule has 0 radical (unpaired) electrons. The molecule has 3 heterocycles. The van der Waals surface area contributed by atoms with Crippen molar-refractivity contribution in [1.29, 1.82) is 0 Å². The van der Waals surface area contributed by atoms with E-state index in [9.17, 15) is 18.0 Å². The maximum absolute atomic E-state index is 13.2. The van der Waals surface area contributed by atoms with E-state index in [0.717, 1.165) is 10.6 Å². The predicted octanol–water partition coefficient (Wildman–Crippen LogP) is 3.09. The van der Waals surface area contributed by atoms with Gasteiger partial charge < -0.3 is 10.2 Å². The number of anilines is 1. The van der Waals surface area contributed by atoms with Crippen molar-refractivity contribution in [1.82, 2.24) is 9.21 Å². The Kier molecular flexibility index (Phi) is 6.45. The van der Waals surface area contributed by atoms with Crippen LogP contribution in [-0.4, -0.2) is 55.1 Å². The Morgan fingerprint density at radius 2 is 1.71 bits per heavy atom. The van der Waals surface area contributed by atoms with Gasteiger partial charge in [-0.25, -0.2) is 8.42 Å². The van der Waals surface area contributed by atoms with Gasteiger partial charge in [-0.1, -0.05) is 18.2 Å². The summed E-state index contributed by atoms with van der Waals surface area (Å²) >= 11 is 1.24. The average Bonchev–Trinajstić information content (AvgIpc) is 3.44. The topological polar surface area (TPSA) is 86.8 Å². The van der Waals surface area contributed by atoms with E-state index < -0.39 is 16.1 Å². The van der Waals surface area contributed by atoms with E-state index in [1.807, 2.05) is 37.3 Å². The van der Waals surface area contributed by atoms with Crippen LogP contribution in [0.5, 0.6) is 0 Å². The summed E-state index contributed by atoms with van der Waals surface area (Å²) in [6.45, 7) is 3.17. The molecule has 0 spiro atoms. The fourth-order valence-corrected chi connectivity index (χ4v) is 7.34. The second kappa shape index (κ2) is 9.10. The van der Waals surface area contributed by atoms with E-state index >= 15 is 0 Å². The molecule has 166 valence electrons. The van der Waals surface area contributed by atoms with Gasteiger partial charge in [0.25, 0.3) is 10.0 Å². The number of benzene rings is 1. The Morgan fingerprint density at radius 3 is 2.35 bits per heavy atom. The number of carbonyl (C=O) groups excluding carboxylic acids is 2. The van der Waals surface area contributed by atoms with Crippen LogP contribution in [0.25, 0.3) is 0 Å². The van der Waals surface area contributed by atoms with E-state index in [4.69, 9.17) is 0 Å². The van der Waals surface area contributed by atoms with Gasteiger partial charge >= 0.3 is 0 Å². The molecule has 2 fully saturated rings. The standard InChI is InChI=1S/C22H27N3O4S2/c1-16-9-10-20(30-16)31(28,29)25-13-5-8-19(25)22(27)24-14-11-17(12-15-24)21(26)23-18-6-3-2-4-7-18/h2-4,6-7,9-10,17,19H,5,8,11-15H2,1H3,(H,23,26)/t19-/m1/s1. The number of likely N-dealkylation sites (tertiary alicyclic amines) is 1. The number of hydrogen-bond acceptors (Lipinski definition) is 5. The minimum absolute atomic E-state index is 0.0311. The zero-order valence-electron chi connectivity index (χ0n) is 17.5. The molecule has 0 aliphatic carbocycles. The summed E-state index contributed by atoms with van der Waals surface area (Å²) < 4.78 is 27.8. The highest BCUT2D eigenvalue weighted by Gasteiger charge is 2.42. The fourth-order valence-electron chi connectivity index (χ4n) is 4.28. The number of amides is 2. The van der Waals surface area contributed by atoms with Crippen molar-refractivity contribution in [3.63, 3.8) is 0 Å². The van der Waals surface area contributed by atoms with Gasteiger partial charge in [-0.15, -0.1) is 11.3 Å². The van der Waals surface area contributed by atoms with E-state index in [1.54, 1.807) is 17.0 Å². The Morgan fingerprint density at radius 1 is 1.00 bits per heavy atom. The summed E-state index contributed by atoms with van der Waals surface area (Å²) in [6, 6.07) is 12.1. The molecule has 0 unspecified atom stereocenters. The molecular weight excluding hydrogens is 434 g/mol. The summed E-state index contributed by atoms with van der Waals surface area (Å²) in [5.41, 5.74) is 0.765. The van der Waals surface area contributed by atoms with Crippen LogP contribution in [0.2, 0.25) is 0 Å². The first-order valence-electron chi connectivity index (χ1n) is 10.6. The number of thiophene rings is 1. The SMILES string of the molecule is Cc1ccc(S(=O)(=O)N2CCC[C@@H]2C(=O)N2CCC(C(=O)Nc3ccccc3)CC2)s1. The third kappa shape index (κ3) is 4.68. The summed E-state index contributed by atoms with van der Waals surface area (Å²) in [4.78, 5) is 28.4.